The third-order valence-electron chi connectivity index (χ3n) is 1.66. The lowest BCUT2D eigenvalue weighted by molar-refractivity contribution is 0.133. The van der Waals surface area contributed by atoms with E-state index in [0.29, 0.717) is 19.4 Å². The summed E-state index contributed by atoms with van der Waals surface area (Å²) >= 11 is 0. The lowest BCUT2D eigenvalue weighted by Crippen LogP contribution is -2.41. The second-order valence-corrected chi connectivity index (χ2v) is 4.60. The molecule has 0 aliphatic rings. The highest BCUT2D eigenvalue weighted by Crippen LogP contribution is 2.00. The summed E-state index contributed by atoms with van der Waals surface area (Å²) in [4.78, 5) is 11.2. The van der Waals surface area contributed by atoms with E-state index >= 15 is 0 Å². The average Bonchev–Trinajstić information content (AvgIpc) is 2.09. The number of aliphatic hydroxyl groups is 1. The van der Waals surface area contributed by atoms with Crippen molar-refractivity contribution in [1.29, 1.82) is 0 Å². The number of aliphatic hydroxyl groups excluding tert-OH is 1. The highest BCUT2D eigenvalue weighted by molar-refractivity contribution is 5.67. The fraction of sp³-hybridized carbons (Fsp3) is 0.900. The van der Waals surface area contributed by atoms with Crippen LogP contribution < -0.4 is 11.1 Å². The Morgan fingerprint density at radius 3 is 2.60 bits per heavy atom. The van der Waals surface area contributed by atoms with Crippen LogP contribution in [0.15, 0.2) is 0 Å². The lowest BCUT2D eigenvalue weighted by Gasteiger charge is -2.20. The number of alkyl carbamates (subject to hydrolysis) is 1. The first-order valence-corrected chi connectivity index (χ1v) is 5.16. The van der Waals surface area contributed by atoms with Crippen molar-refractivity contribution >= 4 is 6.09 Å². The van der Waals surface area contributed by atoms with Gasteiger partial charge in [0, 0.05) is 11.6 Å². The number of carbonyl (C=O) groups is 1. The molecule has 1 amide bonds. The van der Waals surface area contributed by atoms with Crippen LogP contribution in [0.3, 0.4) is 0 Å². The van der Waals surface area contributed by atoms with Gasteiger partial charge in [0.1, 0.15) is 0 Å². The Bertz CT molecular complexity index is 190. The number of rotatable bonds is 5. The number of nitrogens with two attached hydrogens (primary N) is 1. The summed E-state index contributed by atoms with van der Waals surface area (Å²) in [7, 11) is 0. The van der Waals surface area contributed by atoms with Crippen LogP contribution in [0.5, 0.6) is 0 Å². The molecule has 0 aliphatic carbocycles. The van der Waals surface area contributed by atoms with E-state index in [1.165, 1.54) is 0 Å². The number of carbonyl (C=O) groups excluding carboxylic acids is 1. The van der Waals surface area contributed by atoms with Gasteiger partial charge < -0.3 is 20.9 Å². The van der Waals surface area contributed by atoms with E-state index in [9.17, 15) is 4.79 Å². The molecule has 0 spiro atoms. The molecular formula is C10H22N2O3. The fourth-order valence-electron chi connectivity index (χ4n) is 0.944. The molecule has 15 heavy (non-hydrogen) atoms. The van der Waals surface area contributed by atoms with Crippen LogP contribution in [0.4, 0.5) is 4.79 Å². The molecule has 5 heteroatoms. The standard InChI is InChI=1S/C10H22N2O3/c1-10(2,3)12-9(14)15-6-4-5-8(11)7-13/h8,13H,4-7,11H2,1-3H3,(H,12,14)/t8-/m0/s1. The van der Waals surface area contributed by atoms with Gasteiger partial charge in [-0.3, -0.25) is 0 Å². The fourth-order valence-corrected chi connectivity index (χ4v) is 0.944. The number of amides is 1. The summed E-state index contributed by atoms with van der Waals surface area (Å²) in [5, 5.41) is 11.3. The molecule has 0 heterocycles. The van der Waals surface area contributed by atoms with Gasteiger partial charge in [-0.2, -0.15) is 0 Å². The van der Waals surface area contributed by atoms with Crippen LogP contribution in [0, 0.1) is 0 Å². The normalized spacial score (nSPS) is 13.4. The van der Waals surface area contributed by atoms with E-state index < -0.39 is 6.09 Å². The van der Waals surface area contributed by atoms with Crippen LogP contribution in [0.2, 0.25) is 0 Å². The molecule has 0 radical (unpaired) electrons. The molecule has 0 fully saturated rings. The molecule has 90 valence electrons. The minimum absolute atomic E-state index is 0.0335. The Labute approximate surface area is 91.0 Å². The van der Waals surface area contributed by atoms with Crippen molar-refractivity contribution in [2.45, 2.75) is 45.2 Å². The second kappa shape index (κ2) is 6.63. The molecule has 0 saturated heterocycles. The summed E-state index contributed by atoms with van der Waals surface area (Å²) < 4.78 is 4.93. The van der Waals surface area contributed by atoms with Crippen LogP contribution in [0.1, 0.15) is 33.6 Å². The van der Waals surface area contributed by atoms with Gasteiger partial charge in [-0.15, -0.1) is 0 Å². The van der Waals surface area contributed by atoms with Crippen molar-refractivity contribution < 1.29 is 14.6 Å². The van der Waals surface area contributed by atoms with Crippen molar-refractivity contribution in [1.82, 2.24) is 5.32 Å². The zero-order chi connectivity index (χ0) is 11.9. The number of hydrogen-bond donors (Lipinski definition) is 3. The third kappa shape index (κ3) is 9.49. The largest absolute Gasteiger partial charge is 0.450 e. The second-order valence-electron chi connectivity index (χ2n) is 4.60. The number of nitrogens with one attached hydrogen (secondary N) is 1. The Morgan fingerprint density at radius 2 is 2.13 bits per heavy atom. The molecule has 5 nitrogen and oxygen atoms in total. The first kappa shape index (κ1) is 14.2. The summed E-state index contributed by atoms with van der Waals surface area (Å²) in [5.41, 5.74) is 5.21. The Balaban J connectivity index is 3.48. The summed E-state index contributed by atoms with van der Waals surface area (Å²) in [6.45, 7) is 5.95. The molecule has 0 aromatic carbocycles. The Hall–Kier alpha value is -0.810. The highest BCUT2D eigenvalue weighted by Gasteiger charge is 2.14. The molecule has 4 N–H and O–H groups in total. The minimum atomic E-state index is -0.417. The zero-order valence-electron chi connectivity index (χ0n) is 9.75. The molecule has 0 aliphatic heterocycles. The van der Waals surface area contributed by atoms with Gasteiger partial charge in [0.15, 0.2) is 0 Å². The molecule has 0 bridgehead atoms. The monoisotopic (exact) mass is 218 g/mol. The summed E-state index contributed by atoms with van der Waals surface area (Å²) in [5.74, 6) is 0. The smallest absolute Gasteiger partial charge is 0.407 e. The van der Waals surface area contributed by atoms with Gasteiger partial charge in [-0.05, 0) is 33.6 Å². The lowest BCUT2D eigenvalue weighted by atomic mass is 10.1. The van der Waals surface area contributed by atoms with E-state index in [1.54, 1.807) is 0 Å². The van der Waals surface area contributed by atoms with Gasteiger partial charge in [-0.25, -0.2) is 4.79 Å². The van der Waals surface area contributed by atoms with Gasteiger partial charge in [-0.1, -0.05) is 0 Å². The predicted molar refractivity (Wildman–Crippen MR) is 58.5 cm³/mol. The maximum Gasteiger partial charge on any atom is 0.407 e. The van der Waals surface area contributed by atoms with E-state index in [-0.39, 0.29) is 18.2 Å². The van der Waals surface area contributed by atoms with Gasteiger partial charge in [0.2, 0.25) is 0 Å². The summed E-state index contributed by atoms with van der Waals surface area (Å²) in [6, 6.07) is -0.223. The summed E-state index contributed by atoms with van der Waals surface area (Å²) in [6.07, 6.45) is 0.901. The van der Waals surface area contributed by atoms with E-state index in [4.69, 9.17) is 15.6 Å². The van der Waals surface area contributed by atoms with Crippen molar-refractivity contribution in [3.63, 3.8) is 0 Å². The Morgan fingerprint density at radius 1 is 1.53 bits per heavy atom. The van der Waals surface area contributed by atoms with E-state index in [0.717, 1.165) is 0 Å². The van der Waals surface area contributed by atoms with Crippen molar-refractivity contribution in [3.05, 3.63) is 0 Å². The first-order valence-electron chi connectivity index (χ1n) is 5.16. The van der Waals surface area contributed by atoms with Crippen molar-refractivity contribution in [3.8, 4) is 0 Å². The van der Waals surface area contributed by atoms with Gasteiger partial charge in [0.05, 0.1) is 13.2 Å². The molecule has 1 atom stereocenters. The molecule has 0 aromatic heterocycles. The first-order chi connectivity index (χ1) is 6.85. The number of hydrogen-bond acceptors (Lipinski definition) is 4. The van der Waals surface area contributed by atoms with Crippen LogP contribution in [0.25, 0.3) is 0 Å². The van der Waals surface area contributed by atoms with Gasteiger partial charge in [0.25, 0.3) is 0 Å². The van der Waals surface area contributed by atoms with Crippen molar-refractivity contribution in [2.24, 2.45) is 5.73 Å². The zero-order valence-corrected chi connectivity index (χ0v) is 9.75. The third-order valence-corrected chi connectivity index (χ3v) is 1.66. The maximum absolute atomic E-state index is 11.2. The molecular weight excluding hydrogens is 196 g/mol. The van der Waals surface area contributed by atoms with Crippen LogP contribution in [-0.2, 0) is 4.74 Å². The molecule has 0 aromatic rings. The minimum Gasteiger partial charge on any atom is -0.450 e. The van der Waals surface area contributed by atoms with Crippen LogP contribution in [-0.4, -0.2) is 36.0 Å². The highest BCUT2D eigenvalue weighted by atomic mass is 16.5. The predicted octanol–water partition coefficient (Wildman–Crippen LogP) is 0.611. The molecule has 0 saturated carbocycles. The van der Waals surface area contributed by atoms with E-state index in [2.05, 4.69) is 5.32 Å². The average molecular weight is 218 g/mol. The quantitative estimate of drug-likeness (QED) is 0.590. The Kier molecular flexibility index (Phi) is 6.27. The maximum atomic E-state index is 11.2. The SMILES string of the molecule is CC(C)(C)NC(=O)OCCC[C@H](N)CO. The van der Waals surface area contributed by atoms with Crippen molar-refractivity contribution in [2.75, 3.05) is 13.2 Å². The van der Waals surface area contributed by atoms with Gasteiger partial charge >= 0.3 is 6.09 Å². The van der Waals surface area contributed by atoms with Crippen LogP contribution >= 0.6 is 0 Å². The van der Waals surface area contributed by atoms with E-state index in [1.807, 2.05) is 20.8 Å². The molecule has 0 rings (SSSR count). The topological polar surface area (TPSA) is 84.6 Å². The number of ether oxygens (including phenoxy) is 1. The molecule has 0 unspecified atom stereocenters.